The number of aliphatic carboxylic acids is 2. The second-order valence-electron chi connectivity index (χ2n) is 7.09. The molecule has 0 radical (unpaired) electrons. The maximum absolute atomic E-state index is 11.2. The molecule has 2 aromatic rings. The second-order valence-corrected chi connectivity index (χ2v) is 7.09. The van der Waals surface area contributed by atoms with Gasteiger partial charge in [0.2, 0.25) is 0 Å². The highest BCUT2D eigenvalue weighted by molar-refractivity contribution is 5.84. The molecule has 150 valence electrons. The van der Waals surface area contributed by atoms with Gasteiger partial charge >= 0.3 is 11.9 Å². The molecule has 1 aliphatic heterocycles. The molecule has 3 rings (SSSR count). The summed E-state index contributed by atoms with van der Waals surface area (Å²) in [7, 11) is 0. The number of hydrogen-bond donors (Lipinski definition) is 2. The summed E-state index contributed by atoms with van der Waals surface area (Å²) in [4.78, 5) is 32.8. The Morgan fingerprint density at radius 1 is 0.821 bits per heavy atom. The molecule has 0 amide bonds. The van der Waals surface area contributed by atoms with Crippen molar-refractivity contribution < 1.29 is 19.8 Å². The van der Waals surface area contributed by atoms with E-state index in [0.29, 0.717) is 45.8 Å². The van der Waals surface area contributed by atoms with Crippen LogP contribution in [0.25, 0.3) is 10.8 Å². The van der Waals surface area contributed by atoms with Gasteiger partial charge in [-0.15, -0.1) is 0 Å². The van der Waals surface area contributed by atoms with Gasteiger partial charge in [0.15, 0.2) is 0 Å². The van der Waals surface area contributed by atoms with E-state index in [0.717, 1.165) is 16.5 Å². The van der Waals surface area contributed by atoms with Crippen molar-refractivity contribution in [2.75, 3.05) is 52.4 Å². The smallest absolute Gasteiger partial charge is 0.317 e. The van der Waals surface area contributed by atoms with Gasteiger partial charge in [0.25, 0.3) is 0 Å². The Labute approximate surface area is 164 Å². The van der Waals surface area contributed by atoms with Crippen molar-refractivity contribution in [2.45, 2.75) is 6.54 Å². The summed E-state index contributed by atoms with van der Waals surface area (Å²) in [5.74, 6) is -1.74. The molecular weight excluding hydrogens is 360 g/mol. The van der Waals surface area contributed by atoms with Gasteiger partial charge in [0, 0.05) is 57.4 Å². The SMILES string of the molecule is O=C(O)CN1CCN(CC(=O)O)CCN(Cc2nccc3ccccc23)CC1. The van der Waals surface area contributed by atoms with Gasteiger partial charge in [-0.3, -0.25) is 29.3 Å². The molecule has 1 fully saturated rings. The third-order valence-electron chi connectivity index (χ3n) is 5.04. The second kappa shape index (κ2) is 9.59. The summed E-state index contributed by atoms with van der Waals surface area (Å²) in [6, 6.07) is 10.1. The zero-order valence-electron chi connectivity index (χ0n) is 15.8. The zero-order valence-corrected chi connectivity index (χ0v) is 15.8. The lowest BCUT2D eigenvalue weighted by molar-refractivity contribution is -0.140. The fraction of sp³-hybridized carbons (Fsp3) is 0.450. The third-order valence-corrected chi connectivity index (χ3v) is 5.04. The number of carboxylic acid groups (broad SMARTS) is 2. The van der Waals surface area contributed by atoms with Crippen LogP contribution in [-0.4, -0.2) is 94.2 Å². The standard InChI is InChI=1S/C20H26N4O4/c25-19(26)14-23-9-7-22(8-10-24(12-11-23)15-20(27)28)13-18-17-4-2-1-3-16(17)5-6-21-18/h1-6H,7-15H2,(H,25,26)(H,27,28). The monoisotopic (exact) mass is 386 g/mol. The molecule has 2 N–H and O–H groups in total. The number of benzene rings is 1. The maximum Gasteiger partial charge on any atom is 0.317 e. The average Bonchev–Trinajstić information content (AvgIpc) is 2.74. The van der Waals surface area contributed by atoms with Gasteiger partial charge < -0.3 is 10.2 Å². The Kier molecular flexibility index (Phi) is 6.91. The van der Waals surface area contributed by atoms with Gasteiger partial charge in [0.05, 0.1) is 18.8 Å². The first-order chi connectivity index (χ1) is 13.5. The number of carbonyl (C=O) groups is 2. The van der Waals surface area contributed by atoms with Crippen LogP contribution in [0.3, 0.4) is 0 Å². The van der Waals surface area contributed by atoms with Crippen LogP contribution in [0, 0.1) is 0 Å². The molecule has 0 atom stereocenters. The minimum Gasteiger partial charge on any atom is -0.480 e. The number of nitrogens with zero attached hydrogens (tertiary/aromatic N) is 4. The van der Waals surface area contributed by atoms with Crippen LogP contribution in [0.5, 0.6) is 0 Å². The molecule has 1 aromatic heterocycles. The first kappa shape index (κ1) is 20.2. The van der Waals surface area contributed by atoms with E-state index in [1.807, 2.05) is 28.0 Å². The Bertz CT molecular complexity index is 795. The fourth-order valence-electron chi connectivity index (χ4n) is 3.56. The van der Waals surface area contributed by atoms with E-state index in [-0.39, 0.29) is 13.1 Å². The lowest BCUT2D eigenvalue weighted by Gasteiger charge is -2.25. The molecule has 1 saturated heterocycles. The summed E-state index contributed by atoms with van der Waals surface area (Å²) < 4.78 is 0. The highest BCUT2D eigenvalue weighted by Crippen LogP contribution is 2.18. The summed E-state index contributed by atoms with van der Waals surface area (Å²) in [5, 5.41) is 20.6. The molecule has 0 aliphatic carbocycles. The molecule has 0 unspecified atom stereocenters. The van der Waals surface area contributed by atoms with Crippen molar-refractivity contribution in [3.63, 3.8) is 0 Å². The fourth-order valence-corrected chi connectivity index (χ4v) is 3.56. The highest BCUT2D eigenvalue weighted by atomic mass is 16.4. The van der Waals surface area contributed by atoms with Gasteiger partial charge in [-0.1, -0.05) is 24.3 Å². The number of carboxylic acids is 2. The van der Waals surface area contributed by atoms with Crippen molar-refractivity contribution in [1.29, 1.82) is 0 Å². The summed E-state index contributed by atoms with van der Waals surface area (Å²) in [6.45, 7) is 4.31. The van der Waals surface area contributed by atoms with E-state index >= 15 is 0 Å². The number of hydrogen-bond acceptors (Lipinski definition) is 6. The summed E-state index contributed by atoms with van der Waals surface area (Å²) in [5.41, 5.74) is 0.979. The molecule has 0 spiro atoms. The van der Waals surface area contributed by atoms with E-state index in [1.165, 1.54) is 0 Å². The molecule has 0 bridgehead atoms. The zero-order chi connectivity index (χ0) is 19.9. The van der Waals surface area contributed by atoms with Gasteiger partial charge in [-0.2, -0.15) is 0 Å². The topological polar surface area (TPSA) is 97.2 Å². The Morgan fingerprint density at radius 3 is 1.93 bits per heavy atom. The maximum atomic E-state index is 11.2. The van der Waals surface area contributed by atoms with Crippen molar-refractivity contribution in [2.24, 2.45) is 0 Å². The number of aromatic nitrogens is 1. The predicted octanol–water partition coefficient (Wildman–Crippen LogP) is 0.824. The Hall–Kier alpha value is -2.55. The minimum atomic E-state index is -0.869. The highest BCUT2D eigenvalue weighted by Gasteiger charge is 2.20. The first-order valence-electron chi connectivity index (χ1n) is 9.44. The number of fused-ring (bicyclic) bond motifs is 1. The molecular formula is C20H26N4O4. The summed E-state index contributed by atoms with van der Waals surface area (Å²) in [6.07, 6.45) is 1.81. The number of rotatable bonds is 6. The molecule has 1 aliphatic rings. The van der Waals surface area contributed by atoms with Crippen LogP contribution in [0.2, 0.25) is 0 Å². The molecule has 1 aromatic carbocycles. The lowest BCUT2D eigenvalue weighted by atomic mass is 10.1. The normalized spacial score (nSPS) is 17.7. The quantitative estimate of drug-likeness (QED) is 0.753. The van der Waals surface area contributed by atoms with E-state index in [2.05, 4.69) is 22.0 Å². The first-order valence-corrected chi connectivity index (χ1v) is 9.44. The Morgan fingerprint density at radius 2 is 1.36 bits per heavy atom. The van der Waals surface area contributed by atoms with E-state index in [9.17, 15) is 9.59 Å². The predicted molar refractivity (Wildman–Crippen MR) is 105 cm³/mol. The summed E-state index contributed by atoms with van der Waals surface area (Å²) >= 11 is 0. The van der Waals surface area contributed by atoms with Crippen LogP contribution in [0.1, 0.15) is 5.69 Å². The van der Waals surface area contributed by atoms with Gasteiger partial charge in [-0.25, -0.2) is 0 Å². The van der Waals surface area contributed by atoms with Crippen molar-refractivity contribution in [1.82, 2.24) is 19.7 Å². The van der Waals surface area contributed by atoms with Crippen LogP contribution >= 0.6 is 0 Å². The van der Waals surface area contributed by atoms with Crippen LogP contribution in [0.4, 0.5) is 0 Å². The number of pyridine rings is 1. The van der Waals surface area contributed by atoms with Crippen molar-refractivity contribution in [3.05, 3.63) is 42.2 Å². The molecule has 28 heavy (non-hydrogen) atoms. The molecule has 2 heterocycles. The van der Waals surface area contributed by atoms with Gasteiger partial charge in [0.1, 0.15) is 0 Å². The van der Waals surface area contributed by atoms with Crippen LogP contribution in [0.15, 0.2) is 36.5 Å². The molecule has 8 nitrogen and oxygen atoms in total. The van der Waals surface area contributed by atoms with E-state index in [4.69, 9.17) is 10.2 Å². The molecule has 8 heteroatoms. The third kappa shape index (κ3) is 5.72. The largest absolute Gasteiger partial charge is 0.480 e. The van der Waals surface area contributed by atoms with E-state index < -0.39 is 11.9 Å². The van der Waals surface area contributed by atoms with Crippen LogP contribution in [-0.2, 0) is 16.1 Å². The lowest BCUT2D eigenvalue weighted by Crippen LogP contribution is -2.40. The van der Waals surface area contributed by atoms with Crippen LogP contribution < -0.4 is 0 Å². The van der Waals surface area contributed by atoms with E-state index in [1.54, 1.807) is 6.20 Å². The minimum absolute atomic E-state index is 0.0404. The average molecular weight is 386 g/mol. The molecule has 0 saturated carbocycles. The Balaban J connectivity index is 1.76. The van der Waals surface area contributed by atoms with Crippen molar-refractivity contribution in [3.8, 4) is 0 Å². The van der Waals surface area contributed by atoms with Gasteiger partial charge in [-0.05, 0) is 11.5 Å². The van der Waals surface area contributed by atoms with Crippen molar-refractivity contribution >= 4 is 22.7 Å².